The number of ketones is 1. The van der Waals surface area contributed by atoms with Crippen molar-refractivity contribution < 1.29 is 19.2 Å². The molecule has 2 atom stereocenters. The highest BCUT2D eigenvalue weighted by Gasteiger charge is 2.54. The monoisotopic (exact) mass is 305 g/mol. The van der Waals surface area contributed by atoms with Gasteiger partial charge in [0.1, 0.15) is 5.92 Å². The van der Waals surface area contributed by atoms with Crippen LogP contribution in [0.25, 0.3) is 0 Å². The molecule has 1 saturated carbocycles. The van der Waals surface area contributed by atoms with Gasteiger partial charge >= 0.3 is 5.97 Å². The van der Waals surface area contributed by atoms with Gasteiger partial charge in [-0.25, -0.2) is 0 Å². The second-order valence-electron chi connectivity index (χ2n) is 5.53. The molecule has 1 aromatic rings. The van der Waals surface area contributed by atoms with Crippen LogP contribution in [-0.4, -0.2) is 29.3 Å². The second kappa shape index (κ2) is 7.15. The van der Waals surface area contributed by atoms with Crippen LogP contribution in [0.2, 0.25) is 0 Å². The van der Waals surface area contributed by atoms with Gasteiger partial charge in [0, 0.05) is 16.9 Å². The normalized spacial score (nSPS) is 19.5. The summed E-state index contributed by atoms with van der Waals surface area (Å²) in [5.41, 5.74) is 1.65. The van der Waals surface area contributed by atoms with E-state index in [0.29, 0.717) is 5.56 Å². The smallest absolute Gasteiger partial charge is 0.316 e. The molecule has 2 unspecified atom stereocenters. The minimum Gasteiger partial charge on any atom is -0.457 e. The number of unbranched alkanes of at least 4 members (excludes halogenated alkanes) is 1. The minimum atomic E-state index is -0.847. The molecule has 0 spiro atoms. The van der Waals surface area contributed by atoms with Crippen molar-refractivity contribution in [3.05, 3.63) is 45.5 Å². The predicted molar refractivity (Wildman–Crippen MR) is 79.2 cm³/mol. The first-order chi connectivity index (χ1) is 10.5. The summed E-state index contributed by atoms with van der Waals surface area (Å²) < 4.78 is 4.86. The van der Waals surface area contributed by atoms with Gasteiger partial charge in [-0.2, -0.15) is 0 Å². The summed E-state index contributed by atoms with van der Waals surface area (Å²) in [6.45, 7) is 1.75. The summed E-state index contributed by atoms with van der Waals surface area (Å²) in [5.74, 6) is -1.65. The molecule has 0 radical (unpaired) electrons. The molecule has 0 N–H and O–H groups in total. The fourth-order valence-corrected chi connectivity index (χ4v) is 2.23. The molecule has 1 aliphatic rings. The Balaban J connectivity index is 1.80. The van der Waals surface area contributed by atoms with Gasteiger partial charge in [-0.15, -0.1) is 0 Å². The number of nitro groups is 1. The molecule has 0 amide bonds. The fraction of sp³-hybridized carbons (Fsp3) is 0.500. The summed E-state index contributed by atoms with van der Waals surface area (Å²) in [5, 5.41) is 10.5. The molecule has 0 heterocycles. The van der Waals surface area contributed by atoms with E-state index in [1.807, 2.05) is 12.1 Å². The summed E-state index contributed by atoms with van der Waals surface area (Å²) in [4.78, 5) is 33.5. The summed E-state index contributed by atoms with van der Waals surface area (Å²) in [6, 6.07) is 6.39. The van der Waals surface area contributed by atoms with Crippen molar-refractivity contribution in [1.82, 2.24) is 0 Å². The molecule has 1 aromatic carbocycles. The van der Waals surface area contributed by atoms with Crippen LogP contribution in [0.3, 0.4) is 0 Å². The van der Waals surface area contributed by atoms with Gasteiger partial charge in [-0.3, -0.25) is 19.7 Å². The highest BCUT2D eigenvalue weighted by molar-refractivity contribution is 5.98. The van der Waals surface area contributed by atoms with Crippen LogP contribution in [-0.2, 0) is 16.0 Å². The quantitative estimate of drug-likeness (QED) is 0.318. The second-order valence-corrected chi connectivity index (χ2v) is 5.53. The first kappa shape index (κ1) is 16.1. The molecule has 0 aliphatic heterocycles. The van der Waals surface area contributed by atoms with Gasteiger partial charge < -0.3 is 4.74 Å². The number of rotatable bonds is 8. The molecule has 0 aromatic heterocycles. The maximum atomic E-state index is 11.9. The zero-order chi connectivity index (χ0) is 16.1. The summed E-state index contributed by atoms with van der Waals surface area (Å²) in [6.07, 6.45) is 3.39. The van der Waals surface area contributed by atoms with Crippen molar-refractivity contribution in [3.63, 3.8) is 0 Å². The lowest BCUT2D eigenvalue weighted by molar-refractivity contribution is -0.497. The van der Waals surface area contributed by atoms with Crippen LogP contribution in [0.4, 0.5) is 0 Å². The van der Waals surface area contributed by atoms with Crippen LogP contribution in [0.15, 0.2) is 24.3 Å². The number of carbonyl (C=O) groups excluding carboxylic acids is 2. The number of hydrogen-bond acceptors (Lipinski definition) is 5. The Morgan fingerprint density at radius 2 is 2.00 bits per heavy atom. The van der Waals surface area contributed by atoms with Gasteiger partial charge in [0.25, 0.3) is 0 Å². The van der Waals surface area contributed by atoms with Crippen molar-refractivity contribution in [2.45, 2.75) is 38.6 Å². The first-order valence-corrected chi connectivity index (χ1v) is 7.45. The Bertz CT molecular complexity index is 566. The summed E-state index contributed by atoms with van der Waals surface area (Å²) in [7, 11) is 0. The predicted octanol–water partition coefficient (Wildman–Crippen LogP) is 2.42. The fourth-order valence-electron chi connectivity index (χ4n) is 2.23. The lowest BCUT2D eigenvalue weighted by atomic mass is 10.0. The van der Waals surface area contributed by atoms with Gasteiger partial charge in [0.05, 0.1) is 0 Å². The van der Waals surface area contributed by atoms with Gasteiger partial charge in [0.15, 0.2) is 12.4 Å². The van der Waals surface area contributed by atoms with Crippen LogP contribution < -0.4 is 0 Å². The number of ether oxygens (including phenoxy) is 1. The molecule has 0 saturated heterocycles. The average molecular weight is 305 g/mol. The van der Waals surface area contributed by atoms with Crippen molar-refractivity contribution >= 4 is 11.8 Å². The van der Waals surface area contributed by atoms with E-state index >= 15 is 0 Å². The summed E-state index contributed by atoms with van der Waals surface area (Å²) >= 11 is 0. The third-order valence-corrected chi connectivity index (χ3v) is 3.77. The standard InChI is InChI=1S/C16H19NO5/c1-2-3-4-11-5-7-12(8-6-11)15(18)10-22-16(19)13-9-14(13)17(20)21/h5-8,13-14H,2-4,9-10H2,1H3. The van der Waals surface area contributed by atoms with Crippen molar-refractivity contribution in [1.29, 1.82) is 0 Å². The highest BCUT2D eigenvalue weighted by atomic mass is 16.6. The van der Waals surface area contributed by atoms with E-state index < -0.39 is 22.9 Å². The maximum Gasteiger partial charge on any atom is 0.316 e. The molecule has 6 heteroatoms. The molecule has 1 fully saturated rings. The molecule has 2 rings (SSSR count). The van der Waals surface area contributed by atoms with Crippen LogP contribution in [0.1, 0.15) is 42.1 Å². The topological polar surface area (TPSA) is 86.5 Å². The van der Waals surface area contributed by atoms with Crippen LogP contribution in [0, 0.1) is 16.0 Å². The minimum absolute atomic E-state index is 0.201. The molecule has 6 nitrogen and oxygen atoms in total. The SMILES string of the molecule is CCCCc1ccc(C(=O)COC(=O)C2CC2[N+](=O)[O-])cc1. The van der Waals surface area contributed by atoms with E-state index in [2.05, 4.69) is 6.92 Å². The van der Waals surface area contributed by atoms with E-state index in [1.165, 1.54) is 5.56 Å². The Labute approximate surface area is 128 Å². The number of hydrogen-bond donors (Lipinski definition) is 0. The lowest BCUT2D eigenvalue weighted by Crippen LogP contribution is -2.18. The third kappa shape index (κ3) is 4.13. The van der Waals surface area contributed by atoms with Gasteiger partial charge in [0.2, 0.25) is 6.04 Å². The van der Waals surface area contributed by atoms with Crippen molar-refractivity contribution in [3.8, 4) is 0 Å². The zero-order valence-corrected chi connectivity index (χ0v) is 12.5. The van der Waals surface area contributed by atoms with E-state index in [0.717, 1.165) is 19.3 Å². The number of benzene rings is 1. The van der Waals surface area contributed by atoms with E-state index in [4.69, 9.17) is 4.74 Å². The van der Waals surface area contributed by atoms with Gasteiger partial charge in [-0.05, 0) is 18.4 Å². The number of carbonyl (C=O) groups is 2. The molecular formula is C16H19NO5. The number of nitrogens with zero attached hydrogens (tertiary/aromatic N) is 1. The first-order valence-electron chi connectivity index (χ1n) is 7.45. The largest absolute Gasteiger partial charge is 0.457 e. The number of Topliss-reactive ketones (excluding diaryl/α,β-unsaturated/α-hetero) is 1. The zero-order valence-electron chi connectivity index (χ0n) is 12.5. The Kier molecular flexibility index (Phi) is 5.25. The Morgan fingerprint density at radius 3 is 2.55 bits per heavy atom. The third-order valence-electron chi connectivity index (χ3n) is 3.77. The number of aryl methyl sites for hydroxylation is 1. The van der Waals surface area contributed by atoms with E-state index in [9.17, 15) is 19.7 Å². The molecule has 1 aliphatic carbocycles. The average Bonchev–Trinajstić information content (AvgIpc) is 3.31. The van der Waals surface area contributed by atoms with Crippen molar-refractivity contribution in [2.75, 3.05) is 6.61 Å². The molecule has 22 heavy (non-hydrogen) atoms. The van der Waals surface area contributed by atoms with E-state index in [1.54, 1.807) is 12.1 Å². The van der Waals surface area contributed by atoms with Gasteiger partial charge in [-0.1, -0.05) is 37.6 Å². The number of esters is 1. The van der Waals surface area contributed by atoms with Crippen LogP contribution >= 0.6 is 0 Å². The lowest BCUT2D eigenvalue weighted by Gasteiger charge is -2.05. The highest BCUT2D eigenvalue weighted by Crippen LogP contribution is 2.34. The molecule has 118 valence electrons. The Hall–Kier alpha value is -2.24. The molecule has 0 bridgehead atoms. The van der Waals surface area contributed by atoms with Crippen molar-refractivity contribution in [2.24, 2.45) is 5.92 Å². The van der Waals surface area contributed by atoms with E-state index in [-0.39, 0.29) is 18.8 Å². The maximum absolute atomic E-state index is 11.9. The molecular weight excluding hydrogens is 286 g/mol. The Morgan fingerprint density at radius 1 is 1.32 bits per heavy atom. The van der Waals surface area contributed by atoms with Crippen LogP contribution in [0.5, 0.6) is 0 Å².